The van der Waals surface area contributed by atoms with E-state index in [-0.39, 0.29) is 5.78 Å². The molecule has 0 saturated carbocycles. The highest BCUT2D eigenvalue weighted by atomic mass is 16.1. The van der Waals surface area contributed by atoms with Gasteiger partial charge >= 0.3 is 0 Å². The van der Waals surface area contributed by atoms with Gasteiger partial charge in [0.05, 0.1) is 12.1 Å². The standard InChI is InChI=1S/C13H16N2O/c14-11-7-3-1-5-9-13(16)10-6-2-4-8-12-15/h3-4,7-8H,1-2,5-6,9-10H2. The lowest BCUT2D eigenvalue weighted by Gasteiger charge is -1.97. The number of allylic oxidation sites excluding steroid dienone is 4. The zero-order valence-electron chi connectivity index (χ0n) is 9.35. The minimum absolute atomic E-state index is 0.260. The number of hydrogen-bond acceptors (Lipinski definition) is 3. The molecule has 0 rings (SSSR count). The highest BCUT2D eigenvalue weighted by molar-refractivity contribution is 5.78. The molecule has 0 aromatic heterocycles. The van der Waals surface area contributed by atoms with Crippen LogP contribution in [0.15, 0.2) is 24.3 Å². The molecule has 0 unspecified atom stereocenters. The van der Waals surface area contributed by atoms with E-state index in [9.17, 15) is 4.79 Å². The van der Waals surface area contributed by atoms with Crippen molar-refractivity contribution in [1.29, 1.82) is 10.5 Å². The molecule has 0 aromatic rings. The summed E-state index contributed by atoms with van der Waals surface area (Å²) in [5.41, 5.74) is 0. The lowest BCUT2D eigenvalue weighted by Crippen LogP contribution is -1.96. The molecule has 3 heteroatoms. The molecule has 0 aliphatic rings. The number of nitriles is 2. The largest absolute Gasteiger partial charge is 0.300 e. The molecule has 0 aliphatic heterocycles. The number of Topliss-reactive ketones (excluding diaryl/α,β-unsaturated/α-hetero) is 1. The van der Waals surface area contributed by atoms with Gasteiger partial charge in [0.15, 0.2) is 0 Å². The molecule has 16 heavy (non-hydrogen) atoms. The van der Waals surface area contributed by atoms with E-state index in [1.807, 2.05) is 12.1 Å². The van der Waals surface area contributed by atoms with Gasteiger partial charge in [-0.2, -0.15) is 10.5 Å². The van der Waals surface area contributed by atoms with Crippen molar-refractivity contribution in [1.82, 2.24) is 0 Å². The first-order valence-electron chi connectivity index (χ1n) is 5.42. The molecule has 0 amide bonds. The van der Waals surface area contributed by atoms with Crippen LogP contribution in [0.4, 0.5) is 0 Å². The van der Waals surface area contributed by atoms with Gasteiger partial charge in [0.2, 0.25) is 0 Å². The Morgan fingerprint density at radius 3 is 1.75 bits per heavy atom. The maximum atomic E-state index is 11.3. The minimum atomic E-state index is 0.260. The first-order valence-corrected chi connectivity index (χ1v) is 5.42. The summed E-state index contributed by atoms with van der Waals surface area (Å²) in [5.74, 6) is 0.260. The summed E-state index contributed by atoms with van der Waals surface area (Å²) in [6.45, 7) is 0. The summed E-state index contributed by atoms with van der Waals surface area (Å²) in [6.07, 6.45) is 10.8. The van der Waals surface area contributed by atoms with E-state index in [4.69, 9.17) is 10.5 Å². The van der Waals surface area contributed by atoms with Gasteiger partial charge in [0, 0.05) is 25.0 Å². The van der Waals surface area contributed by atoms with Gasteiger partial charge in [-0.25, -0.2) is 0 Å². The first-order chi connectivity index (χ1) is 7.81. The van der Waals surface area contributed by atoms with Crippen LogP contribution in [-0.4, -0.2) is 5.78 Å². The molecule has 3 nitrogen and oxygen atoms in total. The van der Waals surface area contributed by atoms with E-state index < -0.39 is 0 Å². The summed E-state index contributed by atoms with van der Waals surface area (Å²) < 4.78 is 0. The van der Waals surface area contributed by atoms with Gasteiger partial charge in [0.25, 0.3) is 0 Å². The summed E-state index contributed by atoms with van der Waals surface area (Å²) >= 11 is 0. The van der Waals surface area contributed by atoms with Gasteiger partial charge in [-0.05, 0) is 25.7 Å². The molecule has 0 bridgehead atoms. The van der Waals surface area contributed by atoms with Crippen LogP contribution in [0, 0.1) is 22.7 Å². The van der Waals surface area contributed by atoms with E-state index in [0.717, 1.165) is 25.7 Å². The van der Waals surface area contributed by atoms with Crippen molar-refractivity contribution in [2.24, 2.45) is 0 Å². The van der Waals surface area contributed by atoms with Crippen molar-refractivity contribution in [3.05, 3.63) is 24.3 Å². The van der Waals surface area contributed by atoms with Crippen LogP contribution in [0.2, 0.25) is 0 Å². The maximum absolute atomic E-state index is 11.3. The Morgan fingerprint density at radius 1 is 0.938 bits per heavy atom. The number of nitrogens with zero attached hydrogens (tertiary/aromatic N) is 2. The predicted molar refractivity (Wildman–Crippen MR) is 62.2 cm³/mol. The molecular weight excluding hydrogens is 200 g/mol. The molecule has 0 radical (unpaired) electrons. The molecule has 0 N–H and O–H groups in total. The molecule has 0 heterocycles. The Bertz CT molecular complexity index is 297. The normalized spacial score (nSPS) is 10.4. The predicted octanol–water partition coefficient (Wildman–Crippen LogP) is 3.06. The van der Waals surface area contributed by atoms with Crippen molar-refractivity contribution in [3.8, 4) is 12.1 Å². The molecule has 0 saturated heterocycles. The Labute approximate surface area is 96.7 Å². The van der Waals surface area contributed by atoms with Gasteiger partial charge in [-0.15, -0.1) is 0 Å². The summed E-state index contributed by atoms with van der Waals surface area (Å²) in [4.78, 5) is 11.3. The van der Waals surface area contributed by atoms with Gasteiger partial charge in [0.1, 0.15) is 5.78 Å². The number of hydrogen-bond donors (Lipinski definition) is 0. The molecule has 84 valence electrons. The minimum Gasteiger partial charge on any atom is -0.300 e. The fourth-order valence-electron chi connectivity index (χ4n) is 1.23. The quantitative estimate of drug-likeness (QED) is 0.462. The SMILES string of the molecule is N#CC=CCCCC(=O)CCCC=CC#N. The third-order valence-corrected chi connectivity index (χ3v) is 2.04. The lowest BCUT2D eigenvalue weighted by molar-refractivity contribution is -0.119. The van der Waals surface area contributed by atoms with Crippen molar-refractivity contribution < 1.29 is 4.79 Å². The zero-order valence-corrected chi connectivity index (χ0v) is 9.35. The number of ketones is 1. The van der Waals surface area contributed by atoms with E-state index in [1.54, 1.807) is 12.2 Å². The fourth-order valence-corrected chi connectivity index (χ4v) is 1.23. The average molecular weight is 216 g/mol. The Kier molecular flexibility index (Phi) is 9.90. The fraction of sp³-hybridized carbons (Fsp3) is 0.462. The molecule has 0 aromatic carbocycles. The Hall–Kier alpha value is -1.87. The molecule has 0 aliphatic carbocycles. The van der Waals surface area contributed by atoms with Crippen LogP contribution in [0.5, 0.6) is 0 Å². The topological polar surface area (TPSA) is 64.7 Å². The van der Waals surface area contributed by atoms with Crippen molar-refractivity contribution in [2.75, 3.05) is 0 Å². The van der Waals surface area contributed by atoms with E-state index >= 15 is 0 Å². The monoisotopic (exact) mass is 216 g/mol. The molecular formula is C13H16N2O. The van der Waals surface area contributed by atoms with Gasteiger partial charge < -0.3 is 0 Å². The Balaban J connectivity index is 3.39. The van der Waals surface area contributed by atoms with Crippen LogP contribution in [0.25, 0.3) is 0 Å². The highest BCUT2D eigenvalue weighted by Gasteiger charge is 1.99. The van der Waals surface area contributed by atoms with Crippen LogP contribution in [-0.2, 0) is 4.79 Å². The van der Waals surface area contributed by atoms with Crippen LogP contribution >= 0.6 is 0 Å². The second-order valence-corrected chi connectivity index (χ2v) is 3.39. The van der Waals surface area contributed by atoms with Crippen molar-refractivity contribution in [3.63, 3.8) is 0 Å². The lowest BCUT2D eigenvalue weighted by atomic mass is 10.1. The molecule has 0 fully saturated rings. The van der Waals surface area contributed by atoms with Gasteiger partial charge in [-0.3, -0.25) is 4.79 Å². The van der Waals surface area contributed by atoms with Crippen molar-refractivity contribution in [2.45, 2.75) is 38.5 Å². The maximum Gasteiger partial charge on any atom is 0.132 e. The van der Waals surface area contributed by atoms with E-state index in [2.05, 4.69) is 0 Å². The molecule has 0 atom stereocenters. The Morgan fingerprint density at radius 2 is 1.38 bits per heavy atom. The summed E-state index contributed by atoms with van der Waals surface area (Å²) in [7, 11) is 0. The van der Waals surface area contributed by atoms with E-state index in [0.29, 0.717) is 12.8 Å². The van der Waals surface area contributed by atoms with Crippen molar-refractivity contribution >= 4 is 5.78 Å². The summed E-state index contributed by atoms with van der Waals surface area (Å²) in [6, 6.07) is 3.82. The number of unbranched alkanes of at least 4 members (excludes halogenated alkanes) is 2. The van der Waals surface area contributed by atoms with Crippen LogP contribution in [0.1, 0.15) is 38.5 Å². The first kappa shape index (κ1) is 14.1. The number of carbonyl (C=O) groups is 1. The zero-order chi connectivity index (χ0) is 12.1. The van der Waals surface area contributed by atoms with Crippen LogP contribution in [0.3, 0.4) is 0 Å². The third-order valence-electron chi connectivity index (χ3n) is 2.04. The smallest absolute Gasteiger partial charge is 0.132 e. The van der Waals surface area contributed by atoms with Crippen LogP contribution < -0.4 is 0 Å². The highest BCUT2D eigenvalue weighted by Crippen LogP contribution is 2.04. The third kappa shape index (κ3) is 10.2. The van der Waals surface area contributed by atoms with Gasteiger partial charge in [-0.1, -0.05) is 12.2 Å². The average Bonchev–Trinajstić information content (AvgIpc) is 2.28. The number of carbonyl (C=O) groups excluding carboxylic acids is 1. The molecule has 0 spiro atoms. The van der Waals surface area contributed by atoms with E-state index in [1.165, 1.54) is 12.2 Å². The number of rotatable bonds is 8. The summed E-state index contributed by atoms with van der Waals surface area (Å²) in [5, 5.41) is 16.5. The second kappa shape index (κ2) is 11.2. The second-order valence-electron chi connectivity index (χ2n) is 3.39.